The maximum Gasteiger partial charge on any atom is 0.246 e. The van der Waals surface area contributed by atoms with Crippen molar-refractivity contribution in [3.8, 4) is 0 Å². The molecule has 3 aliphatic rings. The molecule has 2 aromatic rings. The van der Waals surface area contributed by atoms with Crippen molar-refractivity contribution in [3.63, 3.8) is 0 Å². The van der Waals surface area contributed by atoms with Gasteiger partial charge in [0, 0.05) is 25.9 Å². The average molecular weight is 546 g/mol. The number of amides is 5. The van der Waals surface area contributed by atoms with Crippen molar-refractivity contribution < 1.29 is 24.0 Å². The van der Waals surface area contributed by atoms with E-state index in [9.17, 15) is 24.0 Å². The molecule has 0 bridgehead atoms. The van der Waals surface area contributed by atoms with E-state index in [0.717, 1.165) is 11.1 Å². The Morgan fingerprint density at radius 3 is 1.62 bits per heavy atom. The number of hydrogen-bond donors (Lipinski definition) is 3. The summed E-state index contributed by atoms with van der Waals surface area (Å²) >= 11 is 0. The predicted molar refractivity (Wildman–Crippen MR) is 147 cm³/mol. The molecule has 40 heavy (non-hydrogen) atoms. The molecule has 0 spiro atoms. The number of nitrogens with one attached hydrogen (secondary N) is 3. The molecule has 2 aromatic carbocycles. The van der Waals surface area contributed by atoms with Crippen LogP contribution >= 0.6 is 0 Å². The highest BCUT2D eigenvalue weighted by molar-refractivity contribution is 5.97. The highest BCUT2D eigenvalue weighted by Gasteiger charge is 2.42. The zero-order valence-corrected chi connectivity index (χ0v) is 22.4. The Hall–Kier alpha value is -4.21. The minimum atomic E-state index is -0.907. The molecule has 4 atom stereocenters. The largest absolute Gasteiger partial charge is 0.345 e. The SMILES string of the molecule is O=C1CNC(=O)[C@H]2CCCN2C(=O)[C@H](Cc2ccccc2)NC(=O)[C@H]2CCCN2C(=O)[C@@H](Cc2ccccc2)N1. The summed E-state index contributed by atoms with van der Waals surface area (Å²) in [5.74, 6) is -2.03. The van der Waals surface area contributed by atoms with Crippen LogP contribution in [0.1, 0.15) is 36.8 Å². The van der Waals surface area contributed by atoms with Crippen molar-refractivity contribution in [3.05, 3.63) is 71.8 Å². The summed E-state index contributed by atoms with van der Waals surface area (Å²) in [6, 6.07) is 15.4. The van der Waals surface area contributed by atoms with Gasteiger partial charge in [0.1, 0.15) is 24.2 Å². The van der Waals surface area contributed by atoms with Gasteiger partial charge in [-0.15, -0.1) is 0 Å². The van der Waals surface area contributed by atoms with Crippen molar-refractivity contribution in [2.24, 2.45) is 0 Å². The van der Waals surface area contributed by atoms with Crippen LogP contribution in [-0.4, -0.2) is 83.1 Å². The Kier molecular flexibility index (Phi) is 8.42. The summed E-state index contributed by atoms with van der Waals surface area (Å²) in [7, 11) is 0. The number of rotatable bonds is 4. The Morgan fingerprint density at radius 2 is 1.10 bits per heavy atom. The Balaban J connectivity index is 1.46. The van der Waals surface area contributed by atoms with Gasteiger partial charge in [0.25, 0.3) is 0 Å². The molecule has 0 aromatic heterocycles. The quantitative estimate of drug-likeness (QED) is 0.517. The minimum absolute atomic E-state index is 0.246. The second-order valence-electron chi connectivity index (χ2n) is 10.7. The van der Waals surface area contributed by atoms with E-state index in [4.69, 9.17) is 0 Å². The fraction of sp³-hybridized carbons (Fsp3) is 0.433. The minimum Gasteiger partial charge on any atom is -0.345 e. The summed E-state index contributed by atoms with van der Waals surface area (Å²) in [5.41, 5.74) is 1.73. The van der Waals surface area contributed by atoms with Gasteiger partial charge in [-0.25, -0.2) is 0 Å². The lowest BCUT2D eigenvalue weighted by molar-refractivity contribution is -0.143. The summed E-state index contributed by atoms with van der Waals surface area (Å²) in [6.45, 7) is 0.446. The summed E-state index contributed by atoms with van der Waals surface area (Å²) in [4.78, 5) is 70.3. The average Bonchev–Trinajstić information content (AvgIpc) is 3.66. The lowest BCUT2D eigenvalue weighted by Gasteiger charge is -2.31. The molecular weight excluding hydrogens is 510 g/mol. The van der Waals surface area contributed by atoms with Gasteiger partial charge in [-0.1, -0.05) is 60.7 Å². The lowest BCUT2D eigenvalue weighted by Crippen LogP contribution is -2.57. The van der Waals surface area contributed by atoms with E-state index in [0.29, 0.717) is 38.8 Å². The molecule has 3 saturated heterocycles. The molecule has 0 radical (unpaired) electrons. The summed E-state index contributed by atoms with van der Waals surface area (Å²) in [5, 5.41) is 8.38. The molecule has 10 heteroatoms. The maximum absolute atomic E-state index is 13.8. The predicted octanol–water partition coefficient (Wildman–Crippen LogP) is 0.553. The zero-order valence-electron chi connectivity index (χ0n) is 22.4. The first-order chi connectivity index (χ1) is 19.4. The zero-order chi connectivity index (χ0) is 28.1. The van der Waals surface area contributed by atoms with Crippen LogP contribution in [0.2, 0.25) is 0 Å². The van der Waals surface area contributed by atoms with E-state index in [1.165, 1.54) is 9.80 Å². The first kappa shape index (κ1) is 27.4. The Bertz CT molecular complexity index is 1250. The summed E-state index contributed by atoms with van der Waals surface area (Å²) in [6.07, 6.45) is 2.71. The van der Waals surface area contributed by atoms with E-state index in [1.807, 2.05) is 60.7 Å². The molecule has 3 fully saturated rings. The van der Waals surface area contributed by atoms with E-state index in [2.05, 4.69) is 16.0 Å². The van der Waals surface area contributed by atoms with Crippen LogP contribution in [0.3, 0.4) is 0 Å². The molecular formula is C30H35N5O5. The number of carbonyl (C=O) groups excluding carboxylic acids is 5. The standard InChI is InChI=1S/C30H35N5O5/c36-26-19-31-27(37)24-13-7-15-34(24)30(40)23(18-21-11-5-2-6-12-21)33-28(38)25-14-8-16-35(25)29(39)22(32-26)17-20-9-3-1-4-10-20/h1-6,9-12,22-25H,7-8,13-19H2,(H,31,37)(H,32,36)(H,33,38)/t22-,23+,24-,25-/m1/s1. The fourth-order valence-corrected chi connectivity index (χ4v) is 5.90. The van der Waals surface area contributed by atoms with E-state index < -0.39 is 41.9 Å². The number of benzene rings is 2. The summed E-state index contributed by atoms with van der Waals surface area (Å²) < 4.78 is 0. The van der Waals surface area contributed by atoms with Crippen molar-refractivity contribution in [1.29, 1.82) is 0 Å². The Morgan fingerprint density at radius 1 is 0.625 bits per heavy atom. The number of fused-ring (bicyclic) bond motifs is 2. The van der Waals surface area contributed by atoms with Crippen LogP contribution in [0.25, 0.3) is 0 Å². The lowest BCUT2D eigenvalue weighted by atomic mass is 10.0. The molecule has 3 heterocycles. The molecule has 3 N–H and O–H groups in total. The second kappa shape index (κ2) is 12.3. The van der Waals surface area contributed by atoms with Crippen LogP contribution in [0.5, 0.6) is 0 Å². The number of carbonyl (C=O) groups is 5. The first-order valence-corrected chi connectivity index (χ1v) is 14.0. The van der Waals surface area contributed by atoms with Crippen molar-refractivity contribution in [2.75, 3.05) is 19.6 Å². The van der Waals surface area contributed by atoms with Crippen LogP contribution in [0.4, 0.5) is 0 Å². The maximum atomic E-state index is 13.8. The van der Waals surface area contributed by atoms with Gasteiger partial charge in [-0.05, 0) is 36.8 Å². The van der Waals surface area contributed by atoms with Crippen molar-refractivity contribution in [2.45, 2.75) is 62.7 Å². The highest BCUT2D eigenvalue weighted by Crippen LogP contribution is 2.23. The molecule has 5 amide bonds. The number of hydrogen-bond acceptors (Lipinski definition) is 5. The highest BCUT2D eigenvalue weighted by atomic mass is 16.2. The Labute approximate surface area is 233 Å². The van der Waals surface area contributed by atoms with Gasteiger partial charge in [-0.3, -0.25) is 24.0 Å². The second-order valence-corrected chi connectivity index (χ2v) is 10.7. The van der Waals surface area contributed by atoms with E-state index >= 15 is 0 Å². The van der Waals surface area contributed by atoms with Crippen LogP contribution in [0, 0.1) is 0 Å². The van der Waals surface area contributed by atoms with Crippen LogP contribution < -0.4 is 16.0 Å². The van der Waals surface area contributed by atoms with Crippen LogP contribution in [-0.2, 0) is 36.8 Å². The molecule has 0 saturated carbocycles. The molecule has 0 unspecified atom stereocenters. The fourth-order valence-electron chi connectivity index (χ4n) is 5.90. The third-order valence-electron chi connectivity index (χ3n) is 7.91. The van der Waals surface area contributed by atoms with Gasteiger partial charge >= 0.3 is 0 Å². The van der Waals surface area contributed by atoms with Gasteiger partial charge < -0.3 is 25.8 Å². The van der Waals surface area contributed by atoms with Gasteiger partial charge in [-0.2, -0.15) is 0 Å². The van der Waals surface area contributed by atoms with Crippen molar-refractivity contribution >= 4 is 29.5 Å². The van der Waals surface area contributed by atoms with Gasteiger partial charge in [0.15, 0.2) is 0 Å². The van der Waals surface area contributed by atoms with Crippen molar-refractivity contribution in [1.82, 2.24) is 25.8 Å². The third-order valence-corrected chi connectivity index (χ3v) is 7.91. The van der Waals surface area contributed by atoms with E-state index in [-0.39, 0.29) is 31.2 Å². The molecule has 10 nitrogen and oxygen atoms in total. The monoisotopic (exact) mass is 545 g/mol. The van der Waals surface area contributed by atoms with Gasteiger partial charge in [0.2, 0.25) is 29.5 Å². The number of nitrogens with zero attached hydrogens (tertiary/aromatic N) is 2. The topological polar surface area (TPSA) is 128 Å². The first-order valence-electron chi connectivity index (χ1n) is 14.0. The molecule has 5 rings (SSSR count). The van der Waals surface area contributed by atoms with E-state index in [1.54, 1.807) is 0 Å². The smallest absolute Gasteiger partial charge is 0.246 e. The third kappa shape index (κ3) is 6.16. The molecule has 3 aliphatic heterocycles. The normalized spacial score (nSPS) is 26.2. The molecule has 0 aliphatic carbocycles. The van der Waals surface area contributed by atoms with Gasteiger partial charge in [0.05, 0.1) is 6.54 Å². The molecule has 210 valence electrons. The van der Waals surface area contributed by atoms with Crippen LogP contribution in [0.15, 0.2) is 60.7 Å².